The van der Waals surface area contributed by atoms with Gasteiger partial charge in [-0.3, -0.25) is 9.59 Å². The van der Waals surface area contributed by atoms with Crippen LogP contribution in [0.1, 0.15) is 194 Å². The molecule has 1 aliphatic heterocycles. The van der Waals surface area contributed by atoms with Crippen molar-refractivity contribution in [2.75, 3.05) is 20.2 Å². The Hall–Kier alpha value is -1.10. The maximum absolute atomic E-state index is 12.4. The molecule has 0 aliphatic carbocycles. The van der Waals surface area contributed by atoms with Gasteiger partial charge in [0.2, 0.25) is 0 Å². The Morgan fingerprint density at radius 3 is 1.73 bits per heavy atom. The summed E-state index contributed by atoms with van der Waals surface area (Å²) in [5, 5.41) is 9.70. The third kappa shape index (κ3) is 20.8. The summed E-state index contributed by atoms with van der Waals surface area (Å²) in [5.41, 5.74) is 0. The molecular weight excluding hydrogens is 546 g/mol. The van der Waals surface area contributed by atoms with E-state index >= 15 is 0 Å². The third-order valence-corrected chi connectivity index (χ3v) is 10.4. The lowest BCUT2D eigenvalue weighted by Gasteiger charge is -2.40. The minimum Gasteiger partial charge on any atom is -0.481 e. The van der Waals surface area contributed by atoms with Crippen LogP contribution >= 0.6 is 0 Å². The van der Waals surface area contributed by atoms with E-state index in [9.17, 15) is 14.7 Å². The zero-order chi connectivity index (χ0) is 32.3. The summed E-state index contributed by atoms with van der Waals surface area (Å²) in [7, 11) is 2.22. The van der Waals surface area contributed by atoms with Crippen LogP contribution in [0.25, 0.3) is 0 Å². The quantitative estimate of drug-likeness (QED) is 0.0638. The lowest BCUT2D eigenvalue weighted by molar-refractivity contribution is -0.145. The normalized spacial score (nSPS) is 18.7. The summed E-state index contributed by atoms with van der Waals surface area (Å²) in [6, 6.07) is 0.415. The molecule has 0 bridgehead atoms. The van der Waals surface area contributed by atoms with Gasteiger partial charge in [-0.25, -0.2) is 0 Å². The van der Waals surface area contributed by atoms with E-state index in [4.69, 9.17) is 4.74 Å². The van der Waals surface area contributed by atoms with Gasteiger partial charge in [0.1, 0.15) is 0 Å². The highest BCUT2D eigenvalue weighted by atomic mass is 16.5. The third-order valence-electron chi connectivity index (χ3n) is 10.4. The van der Waals surface area contributed by atoms with Gasteiger partial charge in [0, 0.05) is 12.5 Å². The number of carbonyl (C=O) groups is 2. The smallest absolute Gasteiger partial charge is 0.306 e. The first-order valence-corrected chi connectivity index (χ1v) is 19.5. The minimum atomic E-state index is -0.600. The lowest BCUT2D eigenvalue weighted by atomic mass is 9.79. The zero-order valence-electron chi connectivity index (χ0n) is 29.9. The molecule has 260 valence electrons. The molecule has 1 aliphatic rings. The number of nitrogens with zero attached hydrogens (tertiary/aromatic N) is 1. The molecule has 0 aromatic heterocycles. The van der Waals surface area contributed by atoms with E-state index in [-0.39, 0.29) is 11.9 Å². The van der Waals surface area contributed by atoms with Crippen molar-refractivity contribution in [3.63, 3.8) is 0 Å². The van der Waals surface area contributed by atoms with Crippen LogP contribution in [0, 0.1) is 17.8 Å². The first-order chi connectivity index (χ1) is 21.4. The lowest BCUT2D eigenvalue weighted by Crippen LogP contribution is -2.46. The standard InChI is InChI=1S/C39H75NO4/c1-5-8-11-13-14-15-18-22-27-35(37-32-36(39(42)43)30-31-40(37)4)28-23-19-16-17-20-24-29-38(41)44-33-34(25-10-7-3)26-21-12-9-6-2/h34-37H,5-33H2,1-4H3,(H,42,43). The van der Waals surface area contributed by atoms with Crippen LogP contribution in [0.4, 0.5) is 0 Å². The second kappa shape index (κ2) is 28.1. The highest BCUT2D eigenvalue weighted by Gasteiger charge is 2.34. The Morgan fingerprint density at radius 2 is 1.16 bits per heavy atom. The number of rotatable bonds is 30. The highest BCUT2D eigenvalue weighted by Crippen LogP contribution is 2.33. The zero-order valence-corrected chi connectivity index (χ0v) is 29.9. The number of hydrogen-bond acceptors (Lipinski definition) is 4. The van der Waals surface area contributed by atoms with Gasteiger partial charge >= 0.3 is 11.9 Å². The van der Waals surface area contributed by atoms with E-state index in [0.717, 1.165) is 32.2 Å². The molecule has 5 heteroatoms. The maximum Gasteiger partial charge on any atom is 0.306 e. The molecule has 1 heterocycles. The summed E-state index contributed by atoms with van der Waals surface area (Å²) >= 11 is 0. The molecule has 0 amide bonds. The van der Waals surface area contributed by atoms with Crippen molar-refractivity contribution < 1.29 is 19.4 Å². The number of carbonyl (C=O) groups excluding carboxylic acids is 1. The Morgan fingerprint density at radius 1 is 0.682 bits per heavy atom. The Kier molecular flexibility index (Phi) is 26.2. The molecule has 4 unspecified atom stereocenters. The van der Waals surface area contributed by atoms with E-state index in [1.165, 1.54) is 141 Å². The molecule has 0 aromatic carbocycles. The second-order valence-electron chi connectivity index (χ2n) is 14.3. The summed E-state index contributed by atoms with van der Waals surface area (Å²) in [4.78, 5) is 26.6. The number of ether oxygens (including phenoxy) is 1. The van der Waals surface area contributed by atoms with E-state index in [1.807, 2.05) is 0 Å². The molecule has 4 atom stereocenters. The summed E-state index contributed by atoms with van der Waals surface area (Å²) in [6.45, 7) is 8.30. The largest absolute Gasteiger partial charge is 0.481 e. The monoisotopic (exact) mass is 622 g/mol. The average Bonchev–Trinajstić information content (AvgIpc) is 3.01. The van der Waals surface area contributed by atoms with Crippen LogP contribution in [0.2, 0.25) is 0 Å². The SMILES string of the molecule is CCCCCCCCCCC(CCCCCCCCC(=O)OCC(CCCC)CCCCCC)C1CC(C(=O)O)CCN1C. The van der Waals surface area contributed by atoms with Crippen molar-refractivity contribution in [2.45, 2.75) is 200 Å². The summed E-state index contributed by atoms with van der Waals surface area (Å²) in [5.74, 6) is 0.386. The van der Waals surface area contributed by atoms with Crippen molar-refractivity contribution in [1.29, 1.82) is 0 Å². The van der Waals surface area contributed by atoms with Gasteiger partial charge in [-0.05, 0) is 70.4 Å². The highest BCUT2D eigenvalue weighted by molar-refractivity contribution is 5.70. The van der Waals surface area contributed by atoms with Crippen LogP contribution < -0.4 is 0 Å². The van der Waals surface area contributed by atoms with Crippen LogP contribution in [0.5, 0.6) is 0 Å². The van der Waals surface area contributed by atoms with Crippen molar-refractivity contribution in [3.8, 4) is 0 Å². The number of unbranched alkanes of at least 4 members (excludes halogenated alkanes) is 16. The van der Waals surface area contributed by atoms with Gasteiger partial charge in [-0.1, -0.05) is 143 Å². The number of carboxylic acids is 1. The number of carboxylic acid groups (broad SMARTS) is 1. The van der Waals surface area contributed by atoms with Gasteiger partial charge in [-0.15, -0.1) is 0 Å². The summed E-state index contributed by atoms with van der Waals surface area (Å²) in [6.07, 6.45) is 32.3. The fourth-order valence-corrected chi connectivity index (χ4v) is 7.29. The van der Waals surface area contributed by atoms with Crippen LogP contribution in [-0.2, 0) is 14.3 Å². The van der Waals surface area contributed by atoms with Gasteiger partial charge < -0.3 is 14.7 Å². The molecule has 1 saturated heterocycles. The van der Waals surface area contributed by atoms with E-state index < -0.39 is 5.97 Å². The van der Waals surface area contributed by atoms with Gasteiger partial charge in [-0.2, -0.15) is 0 Å². The number of esters is 1. The van der Waals surface area contributed by atoms with Crippen molar-refractivity contribution in [1.82, 2.24) is 4.90 Å². The number of likely N-dealkylation sites (tertiary alicyclic amines) is 1. The fourth-order valence-electron chi connectivity index (χ4n) is 7.29. The molecule has 0 radical (unpaired) electrons. The minimum absolute atomic E-state index is 0.000115. The molecular formula is C39H75NO4. The van der Waals surface area contributed by atoms with Crippen molar-refractivity contribution >= 4 is 11.9 Å². The molecule has 1 fully saturated rings. The molecule has 44 heavy (non-hydrogen) atoms. The number of hydrogen-bond donors (Lipinski definition) is 1. The number of aliphatic carboxylic acids is 1. The van der Waals surface area contributed by atoms with Crippen LogP contribution in [0.15, 0.2) is 0 Å². The van der Waals surface area contributed by atoms with E-state index in [2.05, 4.69) is 32.7 Å². The molecule has 0 saturated carbocycles. The van der Waals surface area contributed by atoms with Gasteiger partial charge in [0.05, 0.1) is 12.5 Å². The average molecular weight is 622 g/mol. The van der Waals surface area contributed by atoms with Crippen LogP contribution in [-0.4, -0.2) is 48.2 Å². The van der Waals surface area contributed by atoms with Gasteiger partial charge in [0.15, 0.2) is 0 Å². The first kappa shape index (κ1) is 40.9. The van der Waals surface area contributed by atoms with Crippen molar-refractivity contribution in [2.24, 2.45) is 17.8 Å². The molecule has 0 aromatic rings. The maximum atomic E-state index is 12.4. The predicted octanol–water partition coefficient (Wildman–Crippen LogP) is 11.4. The molecule has 1 N–H and O–H groups in total. The Balaban J connectivity index is 2.30. The van der Waals surface area contributed by atoms with Gasteiger partial charge in [0.25, 0.3) is 0 Å². The Labute approximate surface area is 274 Å². The van der Waals surface area contributed by atoms with E-state index in [1.54, 1.807) is 0 Å². The second-order valence-corrected chi connectivity index (χ2v) is 14.3. The summed E-state index contributed by atoms with van der Waals surface area (Å²) < 4.78 is 5.71. The van der Waals surface area contributed by atoms with E-state index in [0.29, 0.717) is 30.9 Å². The molecule has 1 rings (SSSR count). The predicted molar refractivity (Wildman–Crippen MR) is 187 cm³/mol. The topological polar surface area (TPSA) is 66.8 Å². The molecule has 0 spiro atoms. The number of piperidine rings is 1. The fraction of sp³-hybridized carbons (Fsp3) is 0.949. The molecule has 5 nitrogen and oxygen atoms in total. The van der Waals surface area contributed by atoms with Crippen molar-refractivity contribution in [3.05, 3.63) is 0 Å². The van der Waals surface area contributed by atoms with Crippen LogP contribution in [0.3, 0.4) is 0 Å². The first-order valence-electron chi connectivity index (χ1n) is 19.5. The Bertz CT molecular complexity index is 683.